The number of hydrogen-bond acceptors (Lipinski definition) is 4. The van der Waals surface area contributed by atoms with E-state index in [0.29, 0.717) is 5.82 Å². The van der Waals surface area contributed by atoms with Crippen LogP contribution in [0.3, 0.4) is 0 Å². The lowest BCUT2D eigenvalue weighted by Crippen LogP contribution is -2.38. The second kappa shape index (κ2) is 5.80. The molecule has 0 amide bonds. The van der Waals surface area contributed by atoms with Gasteiger partial charge in [-0.3, -0.25) is 0 Å². The highest BCUT2D eigenvalue weighted by Gasteiger charge is 2.29. The third-order valence-electron chi connectivity index (χ3n) is 3.49. The zero-order valence-electron chi connectivity index (χ0n) is 10.6. The number of anilines is 1. The topological polar surface area (TPSA) is 75.1 Å². The van der Waals surface area contributed by atoms with E-state index in [2.05, 4.69) is 15.5 Å². The van der Waals surface area contributed by atoms with Gasteiger partial charge >= 0.3 is 5.97 Å². The van der Waals surface area contributed by atoms with Crippen molar-refractivity contribution in [3.05, 3.63) is 17.8 Å². The molecule has 0 bridgehead atoms. The predicted molar refractivity (Wildman–Crippen MR) is 68.4 cm³/mol. The quantitative estimate of drug-likeness (QED) is 0.855. The lowest BCUT2D eigenvalue weighted by molar-refractivity contribution is -0.139. The first-order valence-electron chi connectivity index (χ1n) is 6.46. The molecule has 1 unspecified atom stereocenters. The van der Waals surface area contributed by atoms with E-state index in [1.165, 1.54) is 6.42 Å². The minimum absolute atomic E-state index is 0.194. The van der Waals surface area contributed by atoms with E-state index >= 15 is 0 Å². The molecule has 1 saturated carbocycles. The van der Waals surface area contributed by atoms with E-state index in [9.17, 15) is 9.90 Å². The Morgan fingerprint density at radius 2 is 2.06 bits per heavy atom. The number of carbonyl (C=O) groups is 1. The molecule has 1 aromatic rings. The van der Waals surface area contributed by atoms with E-state index in [0.717, 1.165) is 31.4 Å². The fourth-order valence-corrected chi connectivity index (χ4v) is 2.48. The van der Waals surface area contributed by atoms with Crippen molar-refractivity contribution in [1.29, 1.82) is 0 Å². The molecule has 1 atom stereocenters. The minimum Gasteiger partial charge on any atom is -0.480 e. The number of aromatic nitrogens is 2. The molecule has 2 N–H and O–H groups in total. The van der Waals surface area contributed by atoms with Crippen LogP contribution >= 0.6 is 0 Å². The zero-order chi connectivity index (χ0) is 13.0. The number of carboxylic acids is 1. The average Bonchev–Trinajstić information content (AvgIpc) is 2.38. The van der Waals surface area contributed by atoms with Gasteiger partial charge in [-0.1, -0.05) is 19.3 Å². The summed E-state index contributed by atoms with van der Waals surface area (Å²) in [6.07, 6.45) is 5.41. The first-order chi connectivity index (χ1) is 8.66. The summed E-state index contributed by atoms with van der Waals surface area (Å²) in [6.45, 7) is 1.85. The molecule has 1 aliphatic rings. The van der Waals surface area contributed by atoms with E-state index in [-0.39, 0.29) is 5.92 Å². The molecular formula is C13H19N3O2. The van der Waals surface area contributed by atoms with Crippen molar-refractivity contribution in [1.82, 2.24) is 10.2 Å². The molecule has 0 aliphatic heterocycles. The third-order valence-corrected chi connectivity index (χ3v) is 3.49. The second-order valence-electron chi connectivity index (χ2n) is 4.92. The van der Waals surface area contributed by atoms with Gasteiger partial charge in [0.2, 0.25) is 0 Å². The molecule has 0 saturated heterocycles. The molecule has 1 heterocycles. The van der Waals surface area contributed by atoms with Crippen LogP contribution in [0.1, 0.15) is 37.8 Å². The van der Waals surface area contributed by atoms with Gasteiger partial charge in [-0.15, -0.1) is 5.10 Å². The molecule has 98 valence electrons. The highest BCUT2D eigenvalue weighted by molar-refractivity contribution is 5.77. The van der Waals surface area contributed by atoms with Crippen LogP contribution in [0.4, 0.5) is 5.82 Å². The van der Waals surface area contributed by atoms with Crippen molar-refractivity contribution < 1.29 is 9.90 Å². The number of aliphatic carboxylic acids is 1. The van der Waals surface area contributed by atoms with Gasteiger partial charge in [-0.2, -0.15) is 5.10 Å². The molecule has 1 fully saturated rings. The summed E-state index contributed by atoms with van der Waals surface area (Å²) in [6, 6.07) is 3.05. The van der Waals surface area contributed by atoms with E-state index < -0.39 is 12.0 Å². The van der Waals surface area contributed by atoms with Gasteiger partial charge in [0, 0.05) is 0 Å². The van der Waals surface area contributed by atoms with Gasteiger partial charge < -0.3 is 10.4 Å². The van der Waals surface area contributed by atoms with Crippen molar-refractivity contribution in [3.8, 4) is 0 Å². The van der Waals surface area contributed by atoms with Gasteiger partial charge in [-0.25, -0.2) is 4.79 Å². The van der Waals surface area contributed by atoms with Crippen LogP contribution in [0.25, 0.3) is 0 Å². The fourth-order valence-electron chi connectivity index (χ4n) is 2.48. The Kier molecular flexibility index (Phi) is 4.12. The molecule has 2 rings (SSSR count). The van der Waals surface area contributed by atoms with Crippen molar-refractivity contribution in [2.45, 2.75) is 45.1 Å². The van der Waals surface area contributed by atoms with Crippen LogP contribution in [-0.2, 0) is 4.79 Å². The highest BCUT2D eigenvalue weighted by Crippen LogP contribution is 2.28. The normalized spacial score (nSPS) is 18.3. The number of rotatable bonds is 4. The van der Waals surface area contributed by atoms with E-state index in [4.69, 9.17) is 0 Å². The number of carboxylic acid groups (broad SMARTS) is 1. The van der Waals surface area contributed by atoms with Crippen molar-refractivity contribution >= 4 is 11.8 Å². The molecule has 0 radical (unpaired) electrons. The van der Waals surface area contributed by atoms with Gasteiger partial charge in [0.15, 0.2) is 0 Å². The summed E-state index contributed by atoms with van der Waals surface area (Å²) in [7, 11) is 0. The zero-order valence-corrected chi connectivity index (χ0v) is 10.6. The van der Waals surface area contributed by atoms with Crippen LogP contribution in [0, 0.1) is 12.8 Å². The van der Waals surface area contributed by atoms with E-state index in [1.54, 1.807) is 6.07 Å². The van der Waals surface area contributed by atoms with Crippen molar-refractivity contribution in [2.24, 2.45) is 5.92 Å². The Bertz CT molecular complexity index is 399. The van der Waals surface area contributed by atoms with Crippen molar-refractivity contribution in [3.63, 3.8) is 0 Å². The first kappa shape index (κ1) is 12.8. The number of nitrogens with one attached hydrogen (secondary N) is 1. The maximum atomic E-state index is 11.4. The molecule has 0 aromatic carbocycles. The van der Waals surface area contributed by atoms with Gasteiger partial charge in [-0.05, 0) is 37.8 Å². The second-order valence-corrected chi connectivity index (χ2v) is 4.92. The molecule has 5 nitrogen and oxygen atoms in total. The number of aryl methyl sites for hydroxylation is 1. The van der Waals surface area contributed by atoms with Crippen LogP contribution in [0.2, 0.25) is 0 Å². The Balaban J connectivity index is 2.05. The summed E-state index contributed by atoms with van der Waals surface area (Å²) in [5.41, 5.74) is 0.824. The van der Waals surface area contributed by atoms with Gasteiger partial charge in [0.05, 0.1) is 5.69 Å². The monoisotopic (exact) mass is 249 g/mol. The van der Waals surface area contributed by atoms with Crippen molar-refractivity contribution in [2.75, 3.05) is 5.32 Å². The predicted octanol–water partition coefficient (Wildman–Crippen LogP) is 2.23. The summed E-state index contributed by atoms with van der Waals surface area (Å²) in [4.78, 5) is 11.4. The number of hydrogen-bond donors (Lipinski definition) is 2. The lowest BCUT2D eigenvalue weighted by atomic mass is 9.84. The molecule has 18 heavy (non-hydrogen) atoms. The summed E-state index contributed by atoms with van der Waals surface area (Å²) >= 11 is 0. The Morgan fingerprint density at radius 1 is 1.33 bits per heavy atom. The smallest absolute Gasteiger partial charge is 0.326 e. The standard InChI is InChI=1S/C13H19N3O2/c1-9-7-8-11(16-15-9)14-12(13(17)18)10-5-3-2-4-6-10/h7-8,10,12H,2-6H2,1H3,(H,14,16)(H,17,18). The minimum atomic E-state index is -0.802. The van der Waals surface area contributed by atoms with Gasteiger partial charge in [0.25, 0.3) is 0 Å². The summed E-state index contributed by atoms with van der Waals surface area (Å²) in [5, 5.41) is 20.2. The molecular weight excluding hydrogens is 230 g/mol. The van der Waals surface area contributed by atoms with Crippen LogP contribution in [0.15, 0.2) is 12.1 Å². The lowest BCUT2D eigenvalue weighted by Gasteiger charge is -2.28. The molecule has 1 aromatic heterocycles. The maximum Gasteiger partial charge on any atom is 0.326 e. The van der Waals surface area contributed by atoms with Crippen LogP contribution in [0.5, 0.6) is 0 Å². The fraction of sp³-hybridized carbons (Fsp3) is 0.615. The van der Waals surface area contributed by atoms with E-state index in [1.807, 2.05) is 13.0 Å². The SMILES string of the molecule is Cc1ccc(NC(C(=O)O)C2CCCCC2)nn1. The first-order valence-corrected chi connectivity index (χ1v) is 6.46. The largest absolute Gasteiger partial charge is 0.480 e. The number of nitrogens with zero attached hydrogens (tertiary/aromatic N) is 2. The van der Waals surface area contributed by atoms with Gasteiger partial charge in [0.1, 0.15) is 11.9 Å². The average molecular weight is 249 g/mol. The van der Waals surface area contributed by atoms with Crippen LogP contribution < -0.4 is 5.32 Å². The Morgan fingerprint density at radius 3 is 2.61 bits per heavy atom. The molecule has 1 aliphatic carbocycles. The maximum absolute atomic E-state index is 11.4. The molecule has 0 spiro atoms. The summed E-state index contributed by atoms with van der Waals surface area (Å²) in [5.74, 6) is -0.0674. The Hall–Kier alpha value is -1.65. The third kappa shape index (κ3) is 3.18. The Labute approximate surface area is 107 Å². The molecule has 5 heteroatoms. The van der Waals surface area contributed by atoms with Crippen LogP contribution in [-0.4, -0.2) is 27.3 Å². The highest BCUT2D eigenvalue weighted by atomic mass is 16.4. The summed E-state index contributed by atoms with van der Waals surface area (Å²) < 4.78 is 0.